The van der Waals surface area contributed by atoms with Crippen LogP contribution in [0.5, 0.6) is 0 Å². The Morgan fingerprint density at radius 1 is 1.26 bits per heavy atom. The van der Waals surface area contributed by atoms with Gasteiger partial charge in [0.1, 0.15) is 5.52 Å². The van der Waals surface area contributed by atoms with Crippen LogP contribution in [0.25, 0.3) is 22.1 Å². The van der Waals surface area contributed by atoms with Crippen LogP contribution in [-0.4, -0.2) is 9.38 Å². The second-order valence-electron chi connectivity index (χ2n) is 5.61. The Kier molecular flexibility index (Phi) is 3.44. The molecule has 0 radical (unpaired) electrons. The number of nitrogens with zero attached hydrogens (tertiary/aromatic N) is 2. The standard InChI is InChI=1S/C17H13BrN2OS2/c1-8-4-5-22-12(8)7-13-16(21)20-11-6-9(2)10(3)14(18)15(11)19-17(20)23-13/h4-7H,1-3H3. The molecule has 0 bridgehead atoms. The van der Waals surface area contributed by atoms with E-state index in [2.05, 4.69) is 47.8 Å². The fourth-order valence-electron chi connectivity index (χ4n) is 2.63. The lowest BCUT2D eigenvalue weighted by atomic mass is 10.1. The van der Waals surface area contributed by atoms with E-state index in [0.717, 1.165) is 41.0 Å². The van der Waals surface area contributed by atoms with Gasteiger partial charge >= 0.3 is 0 Å². The van der Waals surface area contributed by atoms with Crippen molar-refractivity contribution in [1.29, 1.82) is 0 Å². The molecule has 4 aromatic rings. The monoisotopic (exact) mass is 404 g/mol. The Morgan fingerprint density at radius 3 is 2.74 bits per heavy atom. The van der Waals surface area contributed by atoms with Crippen LogP contribution in [0, 0.1) is 20.8 Å². The van der Waals surface area contributed by atoms with Crippen molar-refractivity contribution >= 4 is 60.7 Å². The number of hydrogen-bond acceptors (Lipinski definition) is 4. The highest BCUT2D eigenvalue weighted by molar-refractivity contribution is 9.10. The van der Waals surface area contributed by atoms with Crippen LogP contribution in [0.1, 0.15) is 21.6 Å². The number of rotatable bonds is 1. The number of benzene rings is 1. The number of thiazole rings is 1. The van der Waals surface area contributed by atoms with E-state index < -0.39 is 0 Å². The molecule has 0 saturated carbocycles. The largest absolute Gasteiger partial charge is 0.274 e. The number of thiophene rings is 1. The molecule has 0 saturated heterocycles. The molecule has 6 heteroatoms. The van der Waals surface area contributed by atoms with Crippen molar-refractivity contribution in [2.75, 3.05) is 0 Å². The molecular weight excluding hydrogens is 392 g/mol. The molecule has 0 spiro atoms. The molecule has 3 heterocycles. The number of aryl methyl sites for hydroxylation is 2. The van der Waals surface area contributed by atoms with Crippen molar-refractivity contribution in [3.8, 4) is 0 Å². The van der Waals surface area contributed by atoms with Gasteiger partial charge in [0, 0.05) is 9.35 Å². The molecule has 0 N–H and O–H groups in total. The van der Waals surface area contributed by atoms with Crippen molar-refractivity contribution < 1.29 is 0 Å². The van der Waals surface area contributed by atoms with E-state index in [-0.39, 0.29) is 5.56 Å². The third-order valence-corrected chi connectivity index (χ3v) is 7.05. The SMILES string of the molecule is Cc1ccsc1C=c1sc2nc3c(Br)c(C)c(C)cc3n2c1=O. The highest BCUT2D eigenvalue weighted by Crippen LogP contribution is 2.30. The zero-order chi connectivity index (χ0) is 16.3. The zero-order valence-electron chi connectivity index (χ0n) is 12.8. The maximum absolute atomic E-state index is 12.8. The van der Waals surface area contributed by atoms with Gasteiger partial charge in [-0.2, -0.15) is 0 Å². The van der Waals surface area contributed by atoms with Gasteiger partial charge < -0.3 is 0 Å². The van der Waals surface area contributed by atoms with Gasteiger partial charge in [0.2, 0.25) is 0 Å². The van der Waals surface area contributed by atoms with Gasteiger partial charge in [-0.3, -0.25) is 4.79 Å². The van der Waals surface area contributed by atoms with Crippen LogP contribution in [-0.2, 0) is 0 Å². The summed E-state index contributed by atoms with van der Waals surface area (Å²) in [6.45, 7) is 6.17. The first-order valence-corrected chi connectivity index (χ1v) is 9.63. The Hall–Kier alpha value is -1.50. The smallest absolute Gasteiger partial charge is 0.267 e. The quantitative estimate of drug-likeness (QED) is 0.476. The molecule has 0 aliphatic carbocycles. The minimum absolute atomic E-state index is 0.00968. The summed E-state index contributed by atoms with van der Waals surface area (Å²) in [4.78, 5) is 19.4. The first kappa shape index (κ1) is 15.1. The third kappa shape index (κ3) is 2.20. The van der Waals surface area contributed by atoms with Gasteiger partial charge in [-0.1, -0.05) is 11.3 Å². The fraction of sp³-hybridized carbons (Fsp3) is 0.176. The lowest BCUT2D eigenvalue weighted by Crippen LogP contribution is -2.22. The average molecular weight is 405 g/mol. The van der Waals surface area contributed by atoms with Crippen LogP contribution in [0.4, 0.5) is 0 Å². The molecule has 23 heavy (non-hydrogen) atoms. The third-order valence-electron chi connectivity index (χ3n) is 4.14. The van der Waals surface area contributed by atoms with Gasteiger partial charge in [0.15, 0.2) is 4.96 Å². The first-order chi connectivity index (χ1) is 11.0. The topological polar surface area (TPSA) is 34.4 Å². The number of hydrogen-bond donors (Lipinski definition) is 0. The van der Waals surface area contributed by atoms with Crippen LogP contribution in [0.3, 0.4) is 0 Å². The fourth-order valence-corrected chi connectivity index (χ4v) is 5.13. The molecule has 0 amide bonds. The molecule has 0 atom stereocenters. The van der Waals surface area contributed by atoms with Crippen LogP contribution >= 0.6 is 38.6 Å². The summed E-state index contributed by atoms with van der Waals surface area (Å²) in [6.07, 6.45) is 1.98. The van der Waals surface area contributed by atoms with Gasteiger partial charge in [-0.15, -0.1) is 11.3 Å². The molecule has 0 aliphatic rings. The Balaban J connectivity index is 2.10. The minimum Gasteiger partial charge on any atom is -0.267 e. The van der Waals surface area contributed by atoms with Gasteiger partial charge in [-0.25, -0.2) is 9.38 Å². The van der Waals surface area contributed by atoms with Crippen molar-refractivity contribution in [3.63, 3.8) is 0 Å². The molecular formula is C17H13BrN2OS2. The van der Waals surface area contributed by atoms with Crippen molar-refractivity contribution in [3.05, 3.63) is 58.4 Å². The predicted molar refractivity (Wildman–Crippen MR) is 102 cm³/mol. The van der Waals surface area contributed by atoms with E-state index in [1.807, 2.05) is 17.5 Å². The first-order valence-electron chi connectivity index (χ1n) is 7.14. The van der Waals surface area contributed by atoms with Crippen molar-refractivity contribution in [1.82, 2.24) is 9.38 Å². The van der Waals surface area contributed by atoms with Gasteiger partial charge in [0.05, 0.1) is 10.0 Å². The summed E-state index contributed by atoms with van der Waals surface area (Å²) in [7, 11) is 0. The highest BCUT2D eigenvalue weighted by Gasteiger charge is 2.16. The lowest BCUT2D eigenvalue weighted by Gasteiger charge is -2.03. The van der Waals surface area contributed by atoms with Gasteiger partial charge in [-0.05, 0) is 77.0 Å². The maximum atomic E-state index is 12.8. The zero-order valence-corrected chi connectivity index (χ0v) is 16.0. The summed E-state index contributed by atoms with van der Waals surface area (Å²) >= 11 is 6.71. The van der Waals surface area contributed by atoms with Crippen molar-refractivity contribution in [2.45, 2.75) is 20.8 Å². The highest BCUT2D eigenvalue weighted by atomic mass is 79.9. The van der Waals surface area contributed by atoms with Crippen molar-refractivity contribution in [2.24, 2.45) is 0 Å². The number of halogens is 1. The summed E-state index contributed by atoms with van der Waals surface area (Å²) in [6, 6.07) is 4.11. The minimum atomic E-state index is 0.00968. The average Bonchev–Trinajstić information content (AvgIpc) is 3.16. The molecule has 116 valence electrons. The summed E-state index contributed by atoms with van der Waals surface area (Å²) in [5.74, 6) is 0. The summed E-state index contributed by atoms with van der Waals surface area (Å²) in [5, 5.41) is 2.04. The molecule has 4 rings (SSSR count). The Morgan fingerprint density at radius 2 is 2.04 bits per heavy atom. The molecule has 1 aromatic carbocycles. The second-order valence-corrected chi connectivity index (χ2v) is 8.36. The number of aromatic nitrogens is 2. The number of imidazole rings is 1. The summed E-state index contributed by atoms with van der Waals surface area (Å²) in [5.41, 5.74) is 5.25. The van der Waals surface area contributed by atoms with Gasteiger partial charge in [0.25, 0.3) is 5.56 Å². The Bertz CT molecular complexity index is 1180. The predicted octanol–water partition coefficient (Wildman–Crippen LogP) is 4.21. The van der Waals surface area contributed by atoms with E-state index in [9.17, 15) is 4.79 Å². The van der Waals surface area contributed by atoms with E-state index in [4.69, 9.17) is 0 Å². The van der Waals surface area contributed by atoms with Crippen LogP contribution in [0.15, 0.2) is 26.8 Å². The molecule has 0 fully saturated rings. The summed E-state index contributed by atoms with van der Waals surface area (Å²) < 4.78 is 3.43. The van der Waals surface area contributed by atoms with Crippen LogP contribution in [0.2, 0.25) is 0 Å². The molecule has 0 aliphatic heterocycles. The van der Waals surface area contributed by atoms with E-state index in [0.29, 0.717) is 0 Å². The second kappa shape index (κ2) is 5.26. The van der Waals surface area contributed by atoms with E-state index >= 15 is 0 Å². The molecule has 0 unspecified atom stereocenters. The Labute approximate surface area is 149 Å². The molecule has 3 nitrogen and oxygen atoms in total. The van der Waals surface area contributed by atoms with E-state index in [1.54, 1.807) is 15.7 Å². The maximum Gasteiger partial charge on any atom is 0.274 e. The number of fused-ring (bicyclic) bond motifs is 3. The van der Waals surface area contributed by atoms with E-state index in [1.165, 1.54) is 16.9 Å². The van der Waals surface area contributed by atoms with Crippen LogP contribution < -0.4 is 10.1 Å². The lowest BCUT2D eigenvalue weighted by molar-refractivity contribution is 1.18. The molecule has 3 aromatic heterocycles. The normalized spacial score (nSPS) is 12.8.